The molecule has 132 valence electrons. The van der Waals surface area contributed by atoms with E-state index in [2.05, 4.69) is 10.3 Å². The molecule has 0 spiro atoms. The van der Waals surface area contributed by atoms with Gasteiger partial charge in [-0.15, -0.1) is 5.10 Å². The number of morpholine rings is 1. The monoisotopic (exact) mass is 348 g/mol. The molecule has 2 atom stereocenters. The molecule has 1 saturated heterocycles. The van der Waals surface area contributed by atoms with Gasteiger partial charge in [-0.1, -0.05) is 41.6 Å². The smallest absolute Gasteiger partial charge is 0.254 e. The number of hydrogen-bond donors (Lipinski definition) is 0. The first-order chi connectivity index (χ1) is 12.7. The second kappa shape index (κ2) is 7.09. The van der Waals surface area contributed by atoms with Gasteiger partial charge in [-0.3, -0.25) is 4.79 Å². The Balaban J connectivity index is 1.57. The summed E-state index contributed by atoms with van der Waals surface area (Å²) in [5.74, 6) is 0.00342. The van der Waals surface area contributed by atoms with Crippen molar-refractivity contribution in [3.63, 3.8) is 0 Å². The van der Waals surface area contributed by atoms with Gasteiger partial charge in [-0.05, 0) is 30.7 Å². The van der Waals surface area contributed by atoms with Gasteiger partial charge in [-0.2, -0.15) is 0 Å². The topological polar surface area (TPSA) is 60.2 Å². The zero-order chi connectivity index (χ0) is 17.9. The summed E-state index contributed by atoms with van der Waals surface area (Å²) >= 11 is 0. The molecule has 1 aromatic heterocycles. The minimum absolute atomic E-state index is 0.00342. The van der Waals surface area contributed by atoms with E-state index in [0.717, 1.165) is 11.3 Å². The van der Waals surface area contributed by atoms with Crippen LogP contribution in [0.1, 0.15) is 28.9 Å². The van der Waals surface area contributed by atoms with E-state index in [4.69, 9.17) is 4.74 Å². The first-order valence-electron chi connectivity index (χ1n) is 8.66. The standard InChI is InChI=1S/C20H20N4O2/c1-15-14-26-19(16-6-3-2-4-7-16)13-23(15)20(25)17-8-5-9-18(12-17)24-11-10-21-22-24/h2-12,15,19H,13-14H2,1H3/t15-,19+/m1/s1. The molecule has 0 aliphatic carbocycles. The molecule has 0 unspecified atom stereocenters. The van der Waals surface area contributed by atoms with E-state index in [0.29, 0.717) is 18.7 Å². The molecule has 6 heteroatoms. The summed E-state index contributed by atoms with van der Waals surface area (Å²) in [5.41, 5.74) is 2.54. The molecule has 2 heterocycles. The Kier molecular flexibility index (Phi) is 4.50. The van der Waals surface area contributed by atoms with Crippen LogP contribution in [-0.2, 0) is 4.74 Å². The van der Waals surface area contributed by atoms with Crippen molar-refractivity contribution in [2.24, 2.45) is 0 Å². The summed E-state index contributed by atoms with van der Waals surface area (Å²) in [5, 5.41) is 7.81. The number of benzene rings is 2. The Hall–Kier alpha value is -2.99. The Bertz CT molecular complexity index is 880. The van der Waals surface area contributed by atoms with Gasteiger partial charge in [0.2, 0.25) is 0 Å². The molecule has 2 aromatic carbocycles. The van der Waals surface area contributed by atoms with Crippen LogP contribution < -0.4 is 0 Å². The predicted molar refractivity (Wildman–Crippen MR) is 97.0 cm³/mol. The van der Waals surface area contributed by atoms with Gasteiger partial charge in [0.25, 0.3) is 5.91 Å². The first kappa shape index (κ1) is 16.5. The lowest BCUT2D eigenvalue weighted by atomic mass is 10.0. The van der Waals surface area contributed by atoms with Crippen molar-refractivity contribution in [1.82, 2.24) is 19.9 Å². The second-order valence-corrected chi connectivity index (χ2v) is 6.44. The van der Waals surface area contributed by atoms with E-state index in [9.17, 15) is 4.79 Å². The van der Waals surface area contributed by atoms with Gasteiger partial charge >= 0.3 is 0 Å². The molecule has 26 heavy (non-hydrogen) atoms. The SMILES string of the molecule is C[C@@H]1CO[C@H](c2ccccc2)CN1C(=O)c1cccc(-n2ccnn2)c1. The van der Waals surface area contributed by atoms with Crippen LogP contribution in [0, 0.1) is 0 Å². The second-order valence-electron chi connectivity index (χ2n) is 6.44. The van der Waals surface area contributed by atoms with Crippen molar-refractivity contribution in [3.05, 3.63) is 78.1 Å². The maximum absolute atomic E-state index is 13.1. The highest BCUT2D eigenvalue weighted by Gasteiger charge is 2.31. The summed E-state index contributed by atoms with van der Waals surface area (Å²) < 4.78 is 7.60. The fraction of sp³-hybridized carbons (Fsp3) is 0.250. The van der Waals surface area contributed by atoms with Gasteiger partial charge < -0.3 is 9.64 Å². The number of rotatable bonds is 3. The Morgan fingerprint density at radius 1 is 1.15 bits per heavy atom. The summed E-state index contributed by atoms with van der Waals surface area (Å²) in [6.45, 7) is 3.08. The molecule has 1 aliphatic rings. The number of aromatic nitrogens is 3. The van der Waals surface area contributed by atoms with Crippen LogP contribution in [0.15, 0.2) is 67.0 Å². The van der Waals surface area contributed by atoms with Gasteiger partial charge in [0.1, 0.15) is 6.10 Å². The molecule has 6 nitrogen and oxygen atoms in total. The Labute approximate surface area is 152 Å². The summed E-state index contributed by atoms with van der Waals surface area (Å²) in [4.78, 5) is 15.0. The lowest BCUT2D eigenvalue weighted by Crippen LogP contribution is -2.48. The van der Waals surface area contributed by atoms with Crippen LogP contribution in [0.5, 0.6) is 0 Å². The van der Waals surface area contributed by atoms with Crippen LogP contribution in [0.4, 0.5) is 0 Å². The van der Waals surface area contributed by atoms with E-state index in [1.54, 1.807) is 17.1 Å². The number of carbonyl (C=O) groups is 1. The normalized spacial score (nSPS) is 20.1. The zero-order valence-electron chi connectivity index (χ0n) is 14.5. The summed E-state index contributed by atoms with van der Waals surface area (Å²) in [6.07, 6.45) is 3.27. The lowest BCUT2D eigenvalue weighted by molar-refractivity contribution is -0.0486. The predicted octanol–water partition coefficient (Wildman–Crippen LogP) is 2.87. The van der Waals surface area contributed by atoms with Crippen LogP contribution in [0.2, 0.25) is 0 Å². The molecular weight excluding hydrogens is 328 g/mol. The number of nitrogens with zero attached hydrogens (tertiary/aromatic N) is 4. The quantitative estimate of drug-likeness (QED) is 0.730. The van der Waals surface area contributed by atoms with Crippen LogP contribution in [0.3, 0.4) is 0 Å². The molecule has 0 N–H and O–H groups in total. The van der Waals surface area contributed by atoms with Crippen molar-refractivity contribution in [2.45, 2.75) is 19.1 Å². The van der Waals surface area contributed by atoms with Crippen molar-refractivity contribution in [3.8, 4) is 5.69 Å². The third-order valence-corrected chi connectivity index (χ3v) is 4.65. The van der Waals surface area contributed by atoms with Crippen LogP contribution in [-0.4, -0.2) is 45.0 Å². The summed E-state index contributed by atoms with van der Waals surface area (Å²) in [7, 11) is 0. The van der Waals surface area contributed by atoms with E-state index in [1.165, 1.54) is 0 Å². The highest BCUT2D eigenvalue weighted by molar-refractivity contribution is 5.95. The average Bonchev–Trinajstić information content (AvgIpc) is 3.23. The van der Waals surface area contributed by atoms with E-state index >= 15 is 0 Å². The van der Waals surface area contributed by atoms with Crippen molar-refractivity contribution in [1.29, 1.82) is 0 Å². The Morgan fingerprint density at radius 2 is 2.00 bits per heavy atom. The minimum atomic E-state index is -0.102. The third-order valence-electron chi connectivity index (χ3n) is 4.65. The maximum Gasteiger partial charge on any atom is 0.254 e. The highest BCUT2D eigenvalue weighted by atomic mass is 16.5. The van der Waals surface area contributed by atoms with Crippen molar-refractivity contribution >= 4 is 5.91 Å². The lowest BCUT2D eigenvalue weighted by Gasteiger charge is -2.38. The fourth-order valence-corrected chi connectivity index (χ4v) is 3.20. The molecule has 3 aromatic rings. The molecule has 1 aliphatic heterocycles. The summed E-state index contributed by atoms with van der Waals surface area (Å²) in [6, 6.07) is 17.5. The number of carbonyl (C=O) groups excluding carboxylic acids is 1. The van der Waals surface area contributed by atoms with E-state index < -0.39 is 0 Å². The maximum atomic E-state index is 13.1. The molecule has 1 amide bonds. The zero-order valence-corrected chi connectivity index (χ0v) is 14.5. The van der Waals surface area contributed by atoms with Gasteiger partial charge in [0.15, 0.2) is 0 Å². The van der Waals surface area contributed by atoms with Gasteiger partial charge in [0, 0.05) is 5.56 Å². The van der Waals surface area contributed by atoms with Crippen molar-refractivity contribution in [2.75, 3.05) is 13.2 Å². The fourth-order valence-electron chi connectivity index (χ4n) is 3.20. The van der Waals surface area contributed by atoms with Gasteiger partial charge in [0.05, 0.1) is 37.3 Å². The number of amides is 1. The van der Waals surface area contributed by atoms with E-state index in [1.807, 2.05) is 66.4 Å². The van der Waals surface area contributed by atoms with Crippen molar-refractivity contribution < 1.29 is 9.53 Å². The number of ether oxygens (including phenoxy) is 1. The number of hydrogen-bond acceptors (Lipinski definition) is 4. The molecular formula is C20H20N4O2. The third kappa shape index (κ3) is 3.23. The average molecular weight is 348 g/mol. The van der Waals surface area contributed by atoms with Crippen LogP contribution in [0.25, 0.3) is 5.69 Å². The highest BCUT2D eigenvalue weighted by Crippen LogP contribution is 2.26. The largest absolute Gasteiger partial charge is 0.370 e. The molecule has 0 bridgehead atoms. The Morgan fingerprint density at radius 3 is 2.77 bits per heavy atom. The molecule has 0 radical (unpaired) electrons. The van der Waals surface area contributed by atoms with Gasteiger partial charge in [-0.25, -0.2) is 4.68 Å². The molecule has 4 rings (SSSR count). The molecule has 1 fully saturated rings. The minimum Gasteiger partial charge on any atom is -0.370 e. The molecule has 0 saturated carbocycles. The van der Waals surface area contributed by atoms with E-state index in [-0.39, 0.29) is 18.1 Å². The first-order valence-corrected chi connectivity index (χ1v) is 8.66. The van der Waals surface area contributed by atoms with Crippen LogP contribution >= 0.6 is 0 Å².